The van der Waals surface area contributed by atoms with Gasteiger partial charge in [-0.3, -0.25) is 0 Å². The Morgan fingerprint density at radius 1 is 1.15 bits per heavy atom. The lowest BCUT2D eigenvalue weighted by Crippen LogP contribution is -2.32. The summed E-state index contributed by atoms with van der Waals surface area (Å²) in [6, 6.07) is 10.8. The highest BCUT2D eigenvalue weighted by molar-refractivity contribution is 5.30. The Hall–Kier alpha value is -1.61. The quantitative estimate of drug-likeness (QED) is 0.830. The second-order valence-corrected chi connectivity index (χ2v) is 5.37. The summed E-state index contributed by atoms with van der Waals surface area (Å²) in [7, 11) is 0. The third-order valence-corrected chi connectivity index (χ3v) is 4.04. The maximum atomic E-state index is 4.43. The van der Waals surface area contributed by atoms with Gasteiger partial charge in [-0.05, 0) is 25.0 Å². The highest BCUT2D eigenvalue weighted by atomic mass is 15.3. The van der Waals surface area contributed by atoms with Crippen molar-refractivity contribution in [3.05, 3.63) is 48.3 Å². The van der Waals surface area contributed by atoms with E-state index < -0.39 is 0 Å². The lowest BCUT2D eigenvalue weighted by Gasteiger charge is -2.22. The van der Waals surface area contributed by atoms with E-state index in [1.165, 1.54) is 18.4 Å². The molecule has 1 aromatic carbocycles. The average Bonchev–Trinajstić information content (AvgIpc) is 2.96. The molecule has 3 nitrogen and oxygen atoms in total. The number of nitrogens with one attached hydrogen (secondary N) is 1. The number of hydrogen-bond donors (Lipinski definition) is 1. The van der Waals surface area contributed by atoms with Crippen LogP contribution in [0.5, 0.6) is 0 Å². The van der Waals surface area contributed by atoms with Crippen molar-refractivity contribution in [1.82, 2.24) is 15.1 Å². The number of para-hydroxylation sites is 1. The number of rotatable bonds is 7. The van der Waals surface area contributed by atoms with Gasteiger partial charge in [-0.2, -0.15) is 5.10 Å². The van der Waals surface area contributed by atoms with Crippen LogP contribution in [-0.4, -0.2) is 15.8 Å². The molecule has 2 rings (SSSR count). The van der Waals surface area contributed by atoms with Gasteiger partial charge in [0.1, 0.15) is 0 Å². The number of nitrogens with zero attached hydrogens (tertiary/aromatic N) is 2. The molecule has 0 fully saturated rings. The first-order valence-electron chi connectivity index (χ1n) is 7.57. The average molecular weight is 271 g/mol. The van der Waals surface area contributed by atoms with E-state index in [2.05, 4.69) is 49.5 Å². The van der Waals surface area contributed by atoms with Crippen LogP contribution in [0, 0.1) is 5.92 Å². The highest BCUT2D eigenvalue weighted by Gasteiger charge is 2.12. The van der Waals surface area contributed by atoms with Crippen LogP contribution in [0.1, 0.15) is 39.2 Å². The predicted octanol–water partition coefficient (Wildman–Crippen LogP) is 3.79. The first-order chi connectivity index (χ1) is 9.74. The topological polar surface area (TPSA) is 29.9 Å². The van der Waals surface area contributed by atoms with E-state index in [1.54, 1.807) is 0 Å². The fourth-order valence-electron chi connectivity index (χ4n) is 2.61. The summed E-state index contributed by atoms with van der Waals surface area (Å²) >= 11 is 0. The number of hydrogen-bond acceptors (Lipinski definition) is 2. The molecule has 1 heterocycles. The van der Waals surface area contributed by atoms with Crippen molar-refractivity contribution in [3.63, 3.8) is 0 Å². The molecule has 0 amide bonds. The second kappa shape index (κ2) is 7.25. The van der Waals surface area contributed by atoms with Gasteiger partial charge in [-0.25, -0.2) is 4.68 Å². The fourth-order valence-corrected chi connectivity index (χ4v) is 2.61. The zero-order chi connectivity index (χ0) is 14.4. The Bertz CT molecular complexity index is 500. The second-order valence-electron chi connectivity index (χ2n) is 5.37. The summed E-state index contributed by atoms with van der Waals surface area (Å²) in [5.74, 6) is 0.749. The molecule has 1 unspecified atom stereocenters. The molecule has 1 aromatic heterocycles. The van der Waals surface area contributed by atoms with Gasteiger partial charge < -0.3 is 5.32 Å². The standard InChI is InChI=1S/C17H25N3/c1-4-16(5-2)14(3)18-11-15-12-19-20(13-15)17-9-7-6-8-10-17/h6-10,12-14,16,18H,4-5,11H2,1-3H3. The van der Waals surface area contributed by atoms with E-state index >= 15 is 0 Å². The molecular weight excluding hydrogens is 246 g/mol. The molecule has 0 aliphatic heterocycles. The van der Waals surface area contributed by atoms with Gasteiger partial charge in [-0.1, -0.05) is 44.9 Å². The van der Waals surface area contributed by atoms with E-state index in [4.69, 9.17) is 0 Å². The minimum atomic E-state index is 0.546. The Balaban J connectivity index is 1.94. The molecule has 3 heteroatoms. The third-order valence-electron chi connectivity index (χ3n) is 4.04. The minimum Gasteiger partial charge on any atom is -0.310 e. The molecule has 0 spiro atoms. The zero-order valence-electron chi connectivity index (χ0n) is 12.7. The summed E-state index contributed by atoms with van der Waals surface area (Å²) in [4.78, 5) is 0. The summed E-state index contributed by atoms with van der Waals surface area (Å²) in [6.45, 7) is 7.68. The molecule has 0 radical (unpaired) electrons. The van der Waals surface area contributed by atoms with E-state index in [1.807, 2.05) is 29.1 Å². The normalized spacial score (nSPS) is 12.8. The van der Waals surface area contributed by atoms with Crippen LogP contribution in [-0.2, 0) is 6.54 Å². The molecule has 1 atom stereocenters. The summed E-state index contributed by atoms with van der Waals surface area (Å²) in [5.41, 5.74) is 2.33. The lowest BCUT2D eigenvalue weighted by atomic mass is 9.95. The van der Waals surface area contributed by atoms with Crippen LogP contribution < -0.4 is 5.32 Å². The molecule has 1 N–H and O–H groups in total. The van der Waals surface area contributed by atoms with Gasteiger partial charge in [0, 0.05) is 24.3 Å². The van der Waals surface area contributed by atoms with Crippen LogP contribution in [0.3, 0.4) is 0 Å². The van der Waals surface area contributed by atoms with Crippen LogP contribution in [0.2, 0.25) is 0 Å². The van der Waals surface area contributed by atoms with Crippen molar-refractivity contribution in [2.75, 3.05) is 0 Å². The number of aromatic nitrogens is 2. The van der Waals surface area contributed by atoms with Gasteiger partial charge in [0.25, 0.3) is 0 Å². The van der Waals surface area contributed by atoms with E-state index in [9.17, 15) is 0 Å². The van der Waals surface area contributed by atoms with Crippen LogP contribution in [0.15, 0.2) is 42.7 Å². The molecule has 20 heavy (non-hydrogen) atoms. The summed E-state index contributed by atoms with van der Waals surface area (Å²) < 4.78 is 1.93. The zero-order valence-corrected chi connectivity index (χ0v) is 12.7. The van der Waals surface area contributed by atoms with Crippen molar-refractivity contribution < 1.29 is 0 Å². The summed E-state index contributed by atoms with van der Waals surface area (Å²) in [6.07, 6.45) is 6.50. The molecule has 0 saturated heterocycles. The predicted molar refractivity (Wildman–Crippen MR) is 83.9 cm³/mol. The molecule has 0 saturated carbocycles. The van der Waals surface area contributed by atoms with E-state index in [0.29, 0.717) is 6.04 Å². The fraction of sp³-hybridized carbons (Fsp3) is 0.471. The van der Waals surface area contributed by atoms with Gasteiger partial charge in [-0.15, -0.1) is 0 Å². The van der Waals surface area contributed by atoms with Crippen molar-refractivity contribution in [2.45, 2.75) is 46.2 Å². The monoisotopic (exact) mass is 271 g/mol. The maximum absolute atomic E-state index is 4.43. The Kier molecular flexibility index (Phi) is 5.36. The first-order valence-corrected chi connectivity index (χ1v) is 7.57. The van der Waals surface area contributed by atoms with Gasteiger partial charge in [0.05, 0.1) is 11.9 Å². The molecule has 0 aliphatic rings. The van der Waals surface area contributed by atoms with Gasteiger partial charge >= 0.3 is 0 Å². The van der Waals surface area contributed by atoms with Crippen molar-refractivity contribution in [3.8, 4) is 5.69 Å². The summed E-state index contributed by atoms with van der Waals surface area (Å²) in [5, 5.41) is 8.04. The number of benzene rings is 1. The van der Waals surface area contributed by atoms with Crippen molar-refractivity contribution >= 4 is 0 Å². The molecular formula is C17H25N3. The smallest absolute Gasteiger partial charge is 0.0645 e. The van der Waals surface area contributed by atoms with Crippen LogP contribution >= 0.6 is 0 Å². The van der Waals surface area contributed by atoms with Crippen LogP contribution in [0.25, 0.3) is 5.69 Å². The Labute approximate surface area is 122 Å². The third kappa shape index (κ3) is 3.70. The van der Waals surface area contributed by atoms with Crippen molar-refractivity contribution in [1.29, 1.82) is 0 Å². The molecule has 2 aromatic rings. The minimum absolute atomic E-state index is 0.546. The highest BCUT2D eigenvalue weighted by Crippen LogP contribution is 2.13. The maximum Gasteiger partial charge on any atom is 0.0645 e. The molecule has 108 valence electrons. The van der Waals surface area contributed by atoms with Gasteiger partial charge in [0.15, 0.2) is 0 Å². The van der Waals surface area contributed by atoms with Crippen LogP contribution in [0.4, 0.5) is 0 Å². The van der Waals surface area contributed by atoms with E-state index in [0.717, 1.165) is 18.2 Å². The Morgan fingerprint density at radius 2 is 1.85 bits per heavy atom. The van der Waals surface area contributed by atoms with E-state index in [-0.39, 0.29) is 0 Å². The molecule has 0 aliphatic carbocycles. The van der Waals surface area contributed by atoms with Crippen molar-refractivity contribution in [2.24, 2.45) is 5.92 Å². The largest absolute Gasteiger partial charge is 0.310 e. The lowest BCUT2D eigenvalue weighted by molar-refractivity contribution is 0.353. The van der Waals surface area contributed by atoms with Gasteiger partial charge in [0.2, 0.25) is 0 Å². The Morgan fingerprint density at radius 3 is 2.50 bits per heavy atom. The molecule has 0 bridgehead atoms. The SMILES string of the molecule is CCC(CC)C(C)NCc1cnn(-c2ccccc2)c1. The first kappa shape index (κ1) is 14.8.